The van der Waals surface area contributed by atoms with Crippen LogP contribution in [-0.2, 0) is 13.6 Å². The highest BCUT2D eigenvalue weighted by Gasteiger charge is 2.15. The van der Waals surface area contributed by atoms with Crippen molar-refractivity contribution in [3.8, 4) is 0 Å². The summed E-state index contributed by atoms with van der Waals surface area (Å²) in [5.74, 6) is 0. The lowest BCUT2D eigenvalue weighted by atomic mass is 10.1. The third-order valence-corrected chi connectivity index (χ3v) is 4.46. The molecule has 0 saturated carbocycles. The van der Waals surface area contributed by atoms with Crippen molar-refractivity contribution >= 4 is 45.5 Å². The predicted molar refractivity (Wildman–Crippen MR) is 91.2 cm³/mol. The first-order chi connectivity index (χ1) is 11.0. The highest BCUT2D eigenvalue weighted by Crippen LogP contribution is 2.31. The molecule has 0 spiro atoms. The van der Waals surface area contributed by atoms with Gasteiger partial charge in [0, 0.05) is 25.0 Å². The standard InChI is InChI=1S/C15H12Cl2N4O2/c1-20-9(7-11(16)15(20)17)8-19-12-4-5-13(21(22)23)10-3-2-6-18-14(10)12/h2-7,19H,8H2,1H3. The molecule has 0 saturated heterocycles. The second-order valence-electron chi connectivity index (χ2n) is 4.98. The number of nitrogens with one attached hydrogen (secondary N) is 1. The zero-order chi connectivity index (χ0) is 16.6. The van der Waals surface area contributed by atoms with Crippen LogP contribution in [0.2, 0.25) is 10.2 Å². The molecule has 0 aliphatic rings. The molecule has 2 aromatic heterocycles. The number of anilines is 1. The summed E-state index contributed by atoms with van der Waals surface area (Å²) in [5.41, 5.74) is 2.18. The molecule has 3 aromatic rings. The largest absolute Gasteiger partial charge is 0.378 e. The van der Waals surface area contributed by atoms with Gasteiger partial charge in [-0.05, 0) is 24.3 Å². The van der Waals surface area contributed by atoms with E-state index >= 15 is 0 Å². The van der Waals surface area contributed by atoms with Gasteiger partial charge < -0.3 is 9.88 Å². The average Bonchev–Trinajstić information content (AvgIpc) is 2.79. The Labute approximate surface area is 141 Å². The Hall–Kier alpha value is -2.31. The van der Waals surface area contributed by atoms with Gasteiger partial charge in [-0.25, -0.2) is 0 Å². The van der Waals surface area contributed by atoms with E-state index in [2.05, 4.69) is 10.3 Å². The van der Waals surface area contributed by atoms with Gasteiger partial charge in [0.2, 0.25) is 0 Å². The van der Waals surface area contributed by atoms with E-state index in [-0.39, 0.29) is 5.69 Å². The van der Waals surface area contributed by atoms with Crippen molar-refractivity contribution in [2.24, 2.45) is 7.05 Å². The molecule has 6 nitrogen and oxygen atoms in total. The van der Waals surface area contributed by atoms with Crippen LogP contribution in [0.3, 0.4) is 0 Å². The number of hydrogen-bond donors (Lipinski definition) is 1. The topological polar surface area (TPSA) is 73.0 Å². The van der Waals surface area contributed by atoms with Gasteiger partial charge in [0.1, 0.15) is 10.7 Å². The number of non-ortho nitro benzene ring substituents is 1. The molecule has 23 heavy (non-hydrogen) atoms. The molecule has 0 radical (unpaired) electrons. The lowest BCUT2D eigenvalue weighted by Gasteiger charge is -2.10. The van der Waals surface area contributed by atoms with Gasteiger partial charge in [0.15, 0.2) is 0 Å². The summed E-state index contributed by atoms with van der Waals surface area (Å²) in [7, 11) is 1.82. The Bertz CT molecular complexity index is 908. The number of halogens is 2. The van der Waals surface area contributed by atoms with Crippen molar-refractivity contribution in [3.63, 3.8) is 0 Å². The number of pyridine rings is 1. The first kappa shape index (κ1) is 15.6. The van der Waals surface area contributed by atoms with Crippen molar-refractivity contribution in [2.45, 2.75) is 6.54 Å². The fraction of sp³-hybridized carbons (Fsp3) is 0.133. The summed E-state index contributed by atoms with van der Waals surface area (Å²) in [5, 5.41) is 15.8. The normalized spacial score (nSPS) is 10.9. The molecule has 0 bridgehead atoms. The van der Waals surface area contributed by atoms with Crippen molar-refractivity contribution in [3.05, 3.63) is 62.5 Å². The third-order valence-electron chi connectivity index (χ3n) is 3.62. The Morgan fingerprint density at radius 3 is 2.78 bits per heavy atom. The number of rotatable bonds is 4. The average molecular weight is 351 g/mol. The van der Waals surface area contributed by atoms with Gasteiger partial charge in [-0.2, -0.15) is 0 Å². The summed E-state index contributed by atoms with van der Waals surface area (Å²) >= 11 is 12.0. The molecule has 2 heterocycles. The summed E-state index contributed by atoms with van der Waals surface area (Å²) in [4.78, 5) is 15.0. The van der Waals surface area contributed by atoms with E-state index in [4.69, 9.17) is 23.2 Å². The molecule has 1 N–H and O–H groups in total. The Balaban J connectivity index is 1.96. The minimum atomic E-state index is -0.412. The van der Waals surface area contributed by atoms with Crippen LogP contribution in [0.1, 0.15) is 5.69 Å². The second kappa shape index (κ2) is 6.06. The molecule has 8 heteroatoms. The number of nitrogens with zero attached hydrogens (tertiary/aromatic N) is 3. The molecular formula is C15H12Cl2N4O2. The minimum absolute atomic E-state index is 0.0311. The third kappa shape index (κ3) is 2.83. The van der Waals surface area contributed by atoms with Crippen LogP contribution in [-0.4, -0.2) is 14.5 Å². The first-order valence-electron chi connectivity index (χ1n) is 6.74. The van der Waals surface area contributed by atoms with E-state index in [1.54, 1.807) is 35.0 Å². The molecule has 118 valence electrons. The van der Waals surface area contributed by atoms with Crippen LogP contribution in [0, 0.1) is 10.1 Å². The molecule has 0 fully saturated rings. The lowest BCUT2D eigenvalue weighted by molar-refractivity contribution is -0.383. The van der Waals surface area contributed by atoms with E-state index in [9.17, 15) is 10.1 Å². The van der Waals surface area contributed by atoms with Crippen LogP contribution >= 0.6 is 23.2 Å². The molecule has 1 aromatic carbocycles. The predicted octanol–water partition coefficient (Wildman–Crippen LogP) is 4.40. The summed E-state index contributed by atoms with van der Waals surface area (Å²) in [6.07, 6.45) is 1.60. The molecule has 3 rings (SSSR count). The van der Waals surface area contributed by atoms with Gasteiger partial charge in [0.25, 0.3) is 5.69 Å². The lowest BCUT2D eigenvalue weighted by Crippen LogP contribution is -2.05. The van der Waals surface area contributed by atoms with Crippen molar-refractivity contribution in [1.29, 1.82) is 0 Å². The van der Waals surface area contributed by atoms with Gasteiger partial charge in [0.05, 0.1) is 27.6 Å². The fourth-order valence-electron chi connectivity index (χ4n) is 2.40. The molecule has 0 atom stereocenters. The molecular weight excluding hydrogens is 339 g/mol. The number of benzene rings is 1. The highest BCUT2D eigenvalue weighted by atomic mass is 35.5. The summed E-state index contributed by atoms with van der Waals surface area (Å²) in [6.45, 7) is 0.465. The molecule has 0 unspecified atom stereocenters. The Kier molecular flexibility index (Phi) is 4.11. The van der Waals surface area contributed by atoms with Crippen molar-refractivity contribution < 1.29 is 4.92 Å². The number of fused-ring (bicyclic) bond motifs is 1. The minimum Gasteiger partial charge on any atom is -0.378 e. The van der Waals surface area contributed by atoms with E-state index in [0.29, 0.717) is 33.3 Å². The number of nitro benzene ring substituents is 1. The number of hydrogen-bond acceptors (Lipinski definition) is 4. The van der Waals surface area contributed by atoms with E-state index in [0.717, 1.165) is 5.69 Å². The van der Waals surface area contributed by atoms with Crippen LogP contribution in [0.15, 0.2) is 36.5 Å². The van der Waals surface area contributed by atoms with Gasteiger partial charge in [-0.15, -0.1) is 0 Å². The summed E-state index contributed by atoms with van der Waals surface area (Å²) in [6, 6.07) is 8.26. The second-order valence-corrected chi connectivity index (χ2v) is 5.74. The molecule has 0 aliphatic heterocycles. The van der Waals surface area contributed by atoms with E-state index in [1.165, 1.54) is 6.07 Å². The highest BCUT2D eigenvalue weighted by molar-refractivity contribution is 6.41. The van der Waals surface area contributed by atoms with E-state index in [1.807, 2.05) is 7.05 Å². The van der Waals surface area contributed by atoms with Crippen molar-refractivity contribution in [1.82, 2.24) is 9.55 Å². The quantitative estimate of drug-likeness (QED) is 0.559. The van der Waals surface area contributed by atoms with Crippen LogP contribution in [0.4, 0.5) is 11.4 Å². The molecule has 0 aliphatic carbocycles. The summed E-state index contributed by atoms with van der Waals surface area (Å²) < 4.78 is 1.78. The number of nitro groups is 1. The van der Waals surface area contributed by atoms with Crippen LogP contribution < -0.4 is 5.32 Å². The Morgan fingerprint density at radius 1 is 1.35 bits per heavy atom. The maximum Gasteiger partial charge on any atom is 0.278 e. The monoisotopic (exact) mass is 350 g/mol. The maximum absolute atomic E-state index is 11.1. The smallest absolute Gasteiger partial charge is 0.278 e. The zero-order valence-electron chi connectivity index (χ0n) is 12.1. The maximum atomic E-state index is 11.1. The molecule has 0 amide bonds. The van der Waals surface area contributed by atoms with Crippen molar-refractivity contribution in [2.75, 3.05) is 5.32 Å². The SMILES string of the molecule is Cn1c(CNc2ccc([N+](=O)[O-])c3cccnc23)cc(Cl)c1Cl. The zero-order valence-corrected chi connectivity index (χ0v) is 13.6. The van der Waals surface area contributed by atoms with Crippen LogP contribution in [0.5, 0.6) is 0 Å². The van der Waals surface area contributed by atoms with Crippen LogP contribution in [0.25, 0.3) is 10.9 Å². The fourth-order valence-corrected chi connectivity index (χ4v) is 2.82. The van der Waals surface area contributed by atoms with Gasteiger partial charge in [-0.1, -0.05) is 23.2 Å². The van der Waals surface area contributed by atoms with Gasteiger partial charge >= 0.3 is 0 Å². The van der Waals surface area contributed by atoms with Gasteiger partial charge in [-0.3, -0.25) is 15.1 Å². The Morgan fingerprint density at radius 2 is 2.13 bits per heavy atom. The number of aromatic nitrogens is 2. The first-order valence-corrected chi connectivity index (χ1v) is 7.50. The van der Waals surface area contributed by atoms with E-state index < -0.39 is 4.92 Å².